The summed E-state index contributed by atoms with van der Waals surface area (Å²) in [4.78, 5) is 5.70. The van der Waals surface area contributed by atoms with E-state index in [1.807, 2.05) is 6.92 Å². The highest BCUT2D eigenvalue weighted by atomic mass is 32.2. The van der Waals surface area contributed by atoms with Crippen LogP contribution in [-0.2, 0) is 21.0 Å². The number of methoxy groups -OCH3 is 1. The fourth-order valence-electron chi connectivity index (χ4n) is 2.33. The number of sulfone groups is 1. The van der Waals surface area contributed by atoms with Gasteiger partial charge in [-0.25, -0.2) is 13.4 Å². The van der Waals surface area contributed by atoms with E-state index < -0.39 is 15.4 Å². The van der Waals surface area contributed by atoms with E-state index in [4.69, 9.17) is 4.74 Å². The number of hydrogen-bond acceptors (Lipinski definition) is 6. The molecule has 1 aliphatic rings. The highest BCUT2D eigenvalue weighted by Crippen LogP contribution is 2.29. The van der Waals surface area contributed by atoms with Crippen LogP contribution in [0.15, 0.2) is 0 Å². The summed E-state index contributed by atoms with van der Waals surface area (Å²) >= 11 is 1.60. The third-order valence-corrected chi connectivity index (χ3v) is 6.34. The monoisotopic (exact) mass is 304 g/mol. The normalized spacial score (nSPS) is 25.6. The average Bonchev–Trinajstić information content (AvgIpc) is 2.88. The Bertz CT molecular complexity index is 553. The Morgan fingerprint density at radius 3 is 2.74 bits per heavy atom. The first-order valence-corrected chi connectivity index (χ1v) is 8.99. The predicted octanol–water partition coefficient (Wildman–Crippen LogP) is 1.63. The molecule has 1 aromatic heterocycles. The third-order valence-electron chi connectivity index (χ3n) is 3.57. The molecular weight excluding hydrogens is 284 g/mol. The number of nitrogens with zero attached hydrogens (tertiary/aromatic N) is 1. The molecule has 0 radical (unpaired) electrons. The highest BCUT2D eigenvalue weighted by molar-refractivity contribution is 7.91. The molecule has 0 saturated carbocycles. The van der Waals surface area contributed by atoms with Crippen LogP contribution in [0.3, 0.4) is 0 Å². The third kappa shape index (κ3) is 3.27. The predicted molar refractivity (Wildman–Crippen MR) is 77.7 cm³/mol. The number of thiazole rings is 1. The van der Waals surface area contributed by atoms with E-state index in [9.17, 15) is 8.42 Å². The maximum Gasteiger partial charge on any atom is 0.183 e. The maximum atomic E-state index is 11.6. The summed E-state index contributed by atoms with van der Waals surface area (Å²) in [6.45, 7) is 4.61. The van der Waals surface area contributed by atoms with Gasteiger partial charge in [-0.2, -0.15) is 0 Å². The van der Waals surface area contributed by atoms with E-state index in [1.165, 1.54) is 4.88 Å². The van der Waals surface area contributed by atoms with Crippen LogP contribution in [0.1, 0.15) is 23.9 Å². The van der Waals surface area contributed by atoms with Crippen LogP contribution >= 0.6 is 11.3 Å². The van der Waals surface area contributed by atoms with Crippen LogP contribution in [0.25, 0.3) is 0 Å². The van der Waals surface area contributed by atoms with Crippen molar-refractivity contribution < 1.29 is 13.2 Å². The molecule has 0 spiro atoms. The van der Waals surface area contributed by atoms with Crippen molar-refractivity contribution in [3.8, 4) is 0 Å². The van der Waals surface area contributed by atoms with Gasteiger partial charge in [-0.1, -0.05) is 6.92 Å². The topological polar surface area (TPSA) is 68.3 Å². The molecular formula is C12H20N2O3S2. The largest absolute Gasteiger partial charge is 0.375 e. The minimum atomic E-state index is -2.96. The molecule has 1 fully saturated rings. The van der Waals surface area contributed by atoms with E-state index >= 15 is 0 Å². The first-order valence-electron chi connectivity index (χ1n) is 6.35. The Hall–Kier alpha value is -0.660. The highest BCUT2D eigenvalue weighted by Gasteiger charge is 2.42. The lowest BCUT2D eigenvalue weighted by atomic mass is 10.0. The molecule has 5 nitrogen and oxygen atoms in total. The lowest BCUT2D eigenvalue weighted by Gasteiger charge is -2.26. The number of nitrogens with one attached hydrogen (secondary N) is 1. The molecule has 1 unspecified atom stereocenters. The van der Waals surface area contributed by atoms with Crippen LogP contribution < -0.4 is 5.32 Å². The standard InChI is InChI=1S/C12H20N2O3S2/c1-4-10-9(2)18-11(14-10)13-7-12(17-3)5-6-19(15,16)8-12/h4-8H2,1-3H3,(H,13,14). The lowest BCUT2D eigenvalue weighted by Crippen LogP contribution is -2.40. The molecule has 1 N–H and O–H groups in total. The van der Waals surface area contributed by atoms with Crippen LogP contribution in [0.5, 0.6) is 0 Å². The molecule has 2 rings (SSSR count). The Labute approximate surface area is 118 Å². The van der Waals surface area contributed by atoms with Crippen molar-refractivity contribution in [2.75, 3.05) is 30.5 Å². The number of ether oxygens (including phenoxy) is 1. The molecule has 108 valence electrons. The lowest BCUT2D eigenvalue weighted by molar-refractivity contribution is 0.0241. The first kappa shape index (κ1) is 14.7. The summed E-state index contributed by atoms with van der Waals surface area (Å²) in [5.74, 6) is 0.300. The average molecular weight is 304 g/mol. The molecule has 0 aliphatic carbocycles. The Morgan fingerprint density at radius 2 is 2.26 bits per heavy atom. The number of hydrogen-bond donors (Lipinski definition) is 1. The van der Waals surface area contributed by atoms with Gasteiger partial charge in [0.2, 0.25) is 0 Å². The Balaban J connectivity index is 2.04. The quantitative estimate of drug-likeness (QED) is 0.895. The molecule has 19 heavy (non-hydrogen) atoms. The molecule has 0 bridgehead atoms. The van der Waals surface area contributed by atoms with E-state index in [0.717, 1.165) is 17.2 Å². The maximum absolute atomic E-state index is 11.6. The van der Waals surface area contributed by atoms with Gasteiger partial charge in [-0.15, -0.1) is 11.3 Å². The van der Waals surface area contributed by atoms with Crippen molar-refractivity contribution in [3.63, 3.8) is 0 Å². The molecule has 1 saturated heterocycles. The number of aromatic nitrogens is 1. The fraction of sp³-hybridized carbons (Fsp3) is 0.750. The molecule has 0 aromatic carbocycles. The van der Waals surface area contributed by atoms with Crippen LogP contribution in [-0.4, -0.2) is 44.2 Å². The number of aryl methyl sites for hydroxylation is 2. The fourth-order valence-corrected chi connectivity index (χ4v) is 5.22. The van der Waals surface area contributed by atoms with Gasteiger partial charge < -0.3 is 10.1 Å². The van der Waals surface area contributed by atoms with Gasteiger partial charge in [0.15, 0.2) is 15.0 Å². The summed E-state index contributed by atoms with van der Waals surface area (Å²) in [5.41, 5.74) is 0.489. The van der Waals surface area contributed by atoms with Crippen molar-refractivity contribution in [2.24, 2.45) is 0 Å². The van der Waals surface area contributed by atoms with Crippen LogP contribution in [0, 0.1) is 6.92 Å². The zero-order chi connectivity index (χ0) is 14.1. The molecule has 7 heteroatoms. The van der Waals surface area contributed by atoms with Gasteiger partial charge >= 0.3 is 0 Å². The van der Waals surface area contributed by atoms with Crippen molar-refractivity contribution >= 4 is 26.3 Å². The van der Waals surface area contributed by atoms with Crippen molar-refractivity contribution in [2.45, 2.75) is 32.3 Å². The number of anilines is 1. The van der Waals surface area contributed by atoms with E-state index in [2.05, 4.69) is 17.2 Å². The second kappa shape index (κ2) is 5.38. The van der Waals surface area contributed by atoms with Gasteiger partial charge in [-0.05, 0) is 19.8 Å². The van der Waals surface area contributed by atoms with Crippen LogP contribution in [0.2, 0.25) is 0 Å². The van der Waals surface area contributed by atoms with E-state index in [-0.39, 0.29) is 11.5 Å². The first-order chi connectivity index (χ1) is 8.90. The van der Waals surface area contributed by atoms with Crippen molar-refractivity contribution in [1.82, 2.24) is 4.98 Å². The van der Waals surface area contributed by atoms with Crippen molar-refractivity contribution in [1.29, 1.82) is 0 Å². The Morgan fingerprint density at radius 1 is 1.53 bits per heavy atom. The molecule has 1 aromatic rings. The SMILES string of the molecule is CCc1nc(NCC2(OC)CCS(=O)(=O)C2)sc1C. The van der Waals surface area contributed by atoms with Gasteiger partial charge in [0.25, 0.3) is 0 Å². The molecule has 1 atom stereocenters. The van der Waals surface area contributed by atoms with E-state index in [0.29, 0.717) is 13.0 Å². The molecule has 0 amide bonds. The summed E-state index contributed by atoms with van der Waals surface area (Å²) < 4.78 is 28.7. The summed E-state index contributed by atoms with van der Waals surface area (Å²) in [7, 11) is -1.38. The minimum absolute atomic E-state index is 0.0918. The van der Waals surface area contributed by atoms with E-state index in [1.54, 1.807) is 18.4 Å². The minimum Gasteiger partial charge on any atom is -0.375 e. The van der Waals surface area contributed by atoms with Gasteiger partial charge in [0, 0.05) is 18.5 Å². The zero-order valence-corrected chi connectivity index (χ0v) is 13.2. The second-order valence-corrected chi connectivity index (χ2v) is 8.35. The van der Waals surface area contributed by atoms with Gasteiger partial charge in [0.1, 0.15) is 0 Å². The zero-order valence-electron chi connectivity index (χ0n) is 11.5. The molecule has 2 heterocycles. The smallest absolute Gasteiger partial charge is 0.183 e. The molecule has 1 aliphatic heterocycles. The number of rotatable bonds is 5. The van der Waals surface area contributed by atoms with Crippen molar-refractivity contribution in [3.05, 3.63) is 10.6 Å². The van der Waals surface area contributed by atoms with Gasteiger partial charge in [-0.3, -0.25) is 0 Å². The van der Waals surface area contributed by atoms with Gasteiger partial charge in [0.05, 0.1) is 22.8 Å². The Kier molecular flexibility index (Phi) is 4.17. The summed E-state index contributed by atoms with van der Waals surface area (Å²) in [5, 5.41) is 4.07. The summed E-state index contributed by atoms with van der Waals surface area (Å²) in [6.07, 6.45) is 1.46. The van der Waals surface area contributed by atoms with Crippen LogP contribution in [0.4, 0.5) is 5.13 Å². The summed E-state index contributed by atoms with van der Waals surface area (Å²) in [6, 6.07) is 0. The second-order valence-electron chi connectivity index (χ2n) is 4.96.